The highest BCUT2D eigenvalue weighted by Crippen LogP contribution is 2.30. The van der Waals surface area contributed by atoms with Gasteiger partial charge in [0.1, 0.15) is 5.76 Å². The van der Waals surface area contributed by atoms with Crippen LogP contribution in [0.4, 0.5) is 30.4 Å². The van der Waals surface area contributed by atoms with Gasteiger partial charge in [-0.2, -0.15) is 13.2 Å². The van der Waals surface area contributed by atoms with Crippen LogP contribution >= 0.6 is 11.8 Å². The van der Waals surface area contributed by atoms with Gasteiger partial charge >= 0.3 is 6.18 Å². The summed E-state index contributed by atoms with van der Waals surface area (Å²) in [6.07, 6.45) is -4.53. The number of carbonyl (C=O) groups is 3. The van der Waals surface area contributed by atoms with Crippen LogP contribution in [0.1, 0.15) is 21.7 Å². The van der Waals surface area contributed by atoms with Crippen molar-refractivity contribution in [1.29, 1.82) is 0 Å². The maximum absolute atomic E-state index is 12.9. The minimum atomic E-state index is -4.53. The lowest BCUT2D eigenvalue weighted by molar-refractivity contribution is -0.137. The Bertz CT molecular complexity index is 1200. The van der Waals surface area contributed by atoms with Gasteiger partial charge < -0.3 is 20.5 Å². The predicted molar refractivity (Wildman–Crippen MR) is 122 cm³/mol. The molecule has 1 heterocycles. The average molecular weight is 492 g/mol. The lowest BCUT2D eigenvalue weighted by atomic mass is 10.1. The minimum Gasteiger partial charge on any atom is -0.360 e. The number of hydrogen-bond donors (Lipinski definition) is 3. The molecule has 3 N–H and O–H groups in total. The monoisotopic (exact) mass is 492 g/mol. The fourth-order valence-electron chi connectivity index (χ4n) is 2.75. The Balaban J connectivity index is 1.50. The van der Waals surface area contributed by atoms with Crippen LogP contribution in [0.2, 0.25) is 0 Å². The van der Waals surface area contributed by atoms with E-state index in [4.69, 9.17) is 4.52 Å². The van der Waals surface area contributed by atoms with Crippen molar-refractivity contribution >= 4 is 46.7 Å². The number of anilines is 3. The first kappa shape index (κ1) is 24.8. The summed E-state index contributed by atoms with van der Waals surface area (Å²) in [6, 6.07) is 11.8. The lowest BCUT2D eigenvalue weighted by Gasteiger charge is -2.11. The summed E-state index contributed by atoms with van der Waals surface area (Å²) in [6.45, 7) is 1.69. The molecule has 0 unspecified atom stereocenters. The van der Waals surface area contributed by atoms with Crippen LogP contribution in [0.15, 0.2) is 59.1 Å². The van der Waals surface area contributed by atoms with Crippen LogP contribution in [-0.4, -0.2) is 34.4 Å². The van der Waals surface area contributed by atoms with Gasteiger partial charge in [0.05, 0.1) is 17.1 Å². The van der Waals surface area contributed by atoms with Crippen molar-refractivity contribution in [2.45, 2.75) is 13.1 Å². The molecule has 0 saturated heterocycles. The number of nitrogens with zero attached hydrogens (tertiary/aromatic N) is 1. The van der Waals surface area contributed by atoms with Crippen molar-refractivity contribution in [2.24, 2.45) is 0 Å². The van der Waals surface area contributed by atoms with Crippen molar-refractivity contribution in [3.63, 3.8) is 0 Å². The molecule has 3 aromatic rings. The summed E-state index contributed by atoms with van der Waals surface area (Å²) in [5.41, 5.74) is -0.423. The van der Waals surface area contributed by atoms with Crippen LogP contribution in [-0.2, 0) is 15.8 Å². The SMILES string of the molecule is Cc1cc(NC(=O)CSCC(=O)Nc2cccc(C(=O)Nc3cccc(C(F)(F)F)c3)c2)no1. The molecule has 0 radical (unpaired) electrons. The molecule has 0 spiro atoms. The Morgan fingerprint density at radius 1 is 0.912 bits per heavy atom. The molecule has 178 valence electrons. The number of carbonyl (C=O) groups excluding carboxylic acids is 3. The molecular weight excluding hydrogens is 473 g/mol. The lowest BCUT2D eigenvalue weighted by Crippen LogP contribution is -2.19. The topological polar surface area (TPSA) is 113 Å². The third-order valence-electron chi connectivity index (χ3n) is 4.22. The Labute approximate surface area is 196 Å². The van der Waals surface area contributed by atoms with Crippen LogP contribution in [0.5, 0.6) is 0 Å². The van der Waals surface area contributed by atoms with Gasteiger partial charge in [-0.05, 0) is 43.3 Å². The average Bonchev–Trinajstić information content (AvgIpc) is 3.18. The molecular formula is C22H19F3N4O4S. The van der Waals surface area contributed by atoms with Gasteiger partial charge in [0.2, 0.25) is 11.8 Å². The van der Waals surface area contributed by atoms with Crippen molar-refractivity contribution in [2.75, 3.05) is 27.5 Å². The first-order chi connectivity index (χ1) is 16.1. The molecule has 3 amide bonds. The highest BCUT2D eigenvalue weighted by molar-refractivity contribution is 8.00. The van der Waals surface area contributed by atoms with Gasteiger partial charge in [-0.1, -0.05) is 17.3 Å². The van der Waals surface area contributed by atoms with E-state index < -0.39 is 23.6 Å². The van der Waals surface area contributed by atoms with Gasteiger partial charge in [0.25, 0.3) is 5.91 Å². The highest BCUT2D eigenvalue weighted by atomic mass is 32.2. The summed E-state index contributed by atoms with van der Waals surface area (Å²) in [5.74, 6) is -0.555. The van der Waals surface area contributed by atoms with Crippen LogP contribution in [0.25, 0.3) is 0 Å². The molecule has 3 rings (SSSR count). The summed E-state index contributed by atoms with van der Waals surface area (Å²) in [4.78, 5) is 36.5. The Morgan fingerprint density at radius 2 is 1.56 bits per heavy atom. The standard InChI is InChI=1S/C22H19F3N4O4S/c1-13-8-18(29-33-13)28-20(31)12-34-11-19(30)26-16-6-2-4-14(9-16)21(32)27-17-7-3-5-15(10-17)22(23,24)25/h2-10H,11-12H2,1H3,(H,26,30)(H,27,32)(H,28,29,31). The molecule has 0 atom stereocenters. The number of hydrogen-bond acceptors (Lipinski definition) is 6. The quantitative estimate of drug-likeness (QED) is 0.425. The van der Waals surface area contributed by atoms with Crippen molar-refractivity contribution in [3.05, 3.63) is 71.5 Å². The van der Waals surface area contributed by atoms with Crippen molar-refractivity contribution < 1.29 is 32.1 Å². The van der Waals surface area contributed by atoms with Gasteiger partial charge in [0, 0.05) is 23.0 Å². The van der Waals surface area contributed by atoms with Crippen LogP contribution in [0, 0.1) is 6.92 Å². The Kier molecular flexibility index (Phi) is 7.95. The molecule has 0 aliphatic rings. The third-order valence-corrected chi connectivity index (χ3v) is 5.15. The first-order valence-corrected chi connectivity index (χ1v) is 10.9. The fraction of sp³-hybridized carbons (Fsp3) is 0.182. The maximum atomic E-state index is 12.9. The second-order valence-electron chi connectivity index (χ2n) is 7.03. The van der Waals surface area contributed by atoms with Gasteiger partial charge in [-0.15, -0.1) is 11.8 Å². The second kappa shape index (κ2) is 10.9. The number of aromatic nitrogens is 1. The van der Waals surface area contributed by atoms with Crippen molar-refractivity contribution in [1.82, 2.24) is 5.16 Å². The number of aryl methyl sites for hydroxylation is 1. The zero-order valence-corrected chi connectivity index (χ0v) is 18.5. The van der Waals surface area contributed by atoms with E-state index >= 15 is 0 Å². The number of nitrogens with one attached hydrogen (secondary N) is 3. The van der Waals surface area contributed by atoms with E-state index in [0.29, 0.717) is 11.4 Å². The maximum Gasteiger partial charge on any atom is 0.416 e. The Morgan fingerprint density at radius 3 is 2.21 bits per heavy atom. The van der Waals surface area contributed by atoms with E-state index in [2.05, 4.69) is 21.1 Å². The number of amides is 3. The molecule has 0 saturated carbocycles. The third kappa shape index (κ3) is 7.37. The fourth-order valence-corrected chi connectivity index (χ4v) is 3.37. The Hall–Kier alpha value is -3.80. The highest BCUT2D eigenvalue weighted by Gasteiger charge is 2.30. The summed E-state index contributed by atoms with van der Waals surface area (Å²) < 4.78 is 43.4. The minimum absolute atomic E-state index is 0.00952. The number of thioether (sulfide) groups is 1. The van der Waals surface area contributed by atoms with Gasteiger partial charge in [0.15, 0.2) is 5.82 Å². The van der Waals surface area contributed by atoms with Crippen molar-refractivity contribution in [3.8, 4) is 0 Å². The van der Waals surface area contributed by atoms with E-state index in [1.54, 1.807) is 19.1 Å². The molecule has 0 fully saturated rings. The molecule has 0 bridgehead atoms. The second-order valence-corrected chi connectivity index (χ2v) is 8.01. The van der Waals surface area contributed by atoms with Crippen LogP contribution < -0.4 is 16.0 Å². The van der Waals surface area contributed by atoms with Gasteiger partial charge in [-0.3, -0.25) is 14.4 Å². The van der Waals surface area contributed by atoms with E-state index in [1.807, 2.05) is 0 Å². The van der Waals surface area contributed by atoms with E-state index in [9.17, 15) is 27.6 Å². The predicted octanol–water partition coefficient (Wildman–Crippen LogP) is 4.56. The molecule has 0 aliphatic carbocycles. The molecule has 8 nitrogen and oxygen atoms in total. The molecule has 2 aromatic carbocycles. The largest absolute Gasteiger partial charge is 0.416 e. The number of benzene rings is 2. The first-order valence-electron chi connectivity index (χ1n) is 9.79. The van der Waals surface area contributed by atoms with Gasteiger partial charge in [-0.25, -0.2) is 0 Å². The molecule has 0 aliphatic heterocycles. The molecule has 1 aromatic heterocycles. The summed E-state index contributed by atoms with van der Waals surface area (Å²) in [7, 11) is 0. The van der Waals surface area contributed by atoms with Crippen LogP contribution in [0.3, 0.4) is 0 Å². The molecule has 34 heavy (non-hydrogen) atoms. The normalized spacial score (nSPS) is 11.1. The zero-order valence-electron chi connectivity index (χ0n) is 17.7. The number of alkyl halides is 3. The summed E-state index contributed by atoms with van der Waals surface area (Å²) in [5, 5.41) is 11.2. The van der Waals surface area contributed by atoms with E-state index in [0.717, 1.165) is 23.9 Å². The smallest absolute Gasteiger partial charge is 0.360 e. The van der Waals surface area contributed by atoms with E-state index in [1.165, 1.54) is 30.3 Å². The molecule has 12 heteroatoms. The van der Waals surface area contributed by atoms with E-state index in [-0.39, 0.29) is 34.5 Å². The number of rotatable bonds is 8. The zero-order chi connectivity index (χ0) is 24.7. The number of halogens is 3. The summed E-state index contributed by atoms with van der Waals surface area (Å²) >= 11 is 1.08.